The number of esters is 1. The van der Waals surface area contributed by atoms with E-state index in [1.54, 1.807) is 5.51 Å². The van der Waals surface area contributed by atoms with Crippen LogP contribution in [0.15, 0.2) is 5.51 Å². The molecule has 2 rings (SSSR count). The lowest BCUT2D eigenvalue weighted by Gasteiger charge is -2.14. The second-order valence-corrected chi connectivity index (χ2v) is 5.75. The second-order valence-electron chi connectivity index (χ2n) is 4.91. The minimum absolute atomic E-state index is 0.149. The van der Waals surface area contributed by atoms with Crippen LogP contribution in [0.2, 0.25) is 0 Å². The quantitative estimate of drug-likeness (QED) is 0.840. The smallest absolute Gasteiger partial charge is 0.309 e. The number of nitrogens with one attached hydrogen (secondary N) is 1. The molecule has 0 aromatic carbocycles. The van der Waals surface area contributed by atoms with Crippen LogP contribution < -0.4 is 5.32 Å². The van der Waals surface area contributed by atoms with E-state index in [4.69, 9.17) is 4.74 Å². The highest BCUT2D eigenvalue weighted by Crippen LogP contribution is 2.33. The molecule has 1 saturated heterocycles. The molecule has 0 saturated carbocycles. The van der Waals surface area contributed by atoms with Crippen molar-refractivity contribution in [3.63, 3.8) is 0 Å². The molecular formula is C11H15N3O3S. The van der Waals surface area contributed by atoms with Crippen LogP contribution in [0.4, 0.5) is 5.13 Å². The Morgan fingerprint density at radius 3 is 3.00 bits per heavy atom. The average molecular weight is 269 g/mol. The Bertz CT molecular complexity index is 444. The summed E-state index contributed by atoms with van der Waals surface area (Å²) < 4.78 is 5.21. The number of carbonyl (C=O) groups excluding carboxylic acids is 2. The van der Waals surface area contributed by atoms with E-state index in [-0.39, 0.29) is 24.2 Å². The van der Waals surface area contributed by atoms with Crippen LogP contribution in [-0.4, -0.2) is 27.7 Å². The fourth-order valence-electron chi connectivity index (χ4n) is 2.01. The molecule has 0 bridgehead atoms. The molecule has 1 aliphatic rings. The zero-order valence-corrected chi connectivity index (χ0v) is 11.1. The molecular weight excluding hydrogens is 254 g/mol. The summed E-state index contributed by atoms with van der Waals surface area (Å²) in [5, 5.41) is 10.5. The average Bonchev–Trinajstić information content (AvgIpc) is 2.83. The molecule has 1 unspecified atom stereocenters. The van der Waals surface area contributed by atoms with Crippen molar-refractivity contribution >= 4 is 28.3 Å². The highest BCUT2D eigenvalue weighted by atomic mass is 32.1. The molecule has 0 aliphatic carbocycles. The fourth-order valence-corrected chi connectivity index (χ4v) is 2.47. The highest BCUT2D eigenvalue weighted by molar-refractivity contribution is 7.13. The summed E-state index contributed by atoms with van der Waals surface area (Å²) in [4.78, 5) is 23.2. The van der Waals surface area contributed by atoms with Crippen LogP contribution in [0.3, 0.4) is 0 Å². The van der Waals surface area contributed by atoms with Gasteiger partial charge in [-0.25, -0.2) is 0 Å². The van der Waals surface area contributed by atoms with E-state index >= 15 is 0 Å². The van der Waals surface area contributed by atoms with Gasteiger partial charge in [-0.1, -0.05) is 11.3 Å². The molecule has 18 heavy (non-hydrogen) atoms. The summed E-state index contributed by atoms with van der Waals surface area (Å²) >= 11 is 1.26. The monoisotopic (exact) mass is 269 g/mol. The van der Waals surface area contributed by atoms with Crippen molar-refractivity contribution in [2.45, 2.75) is 38.7 Å². The van der Waals surface area contributed by atoms with Crippen molar-refractivity contribution in [3.05, 3.63) is 5.51 Å². The summed E-state index contributed by atoms with van der Waals surface area (Å²) in [6, 6.07) is 0. The molecule has 1 amide bonds. The first-order valence-corrected chi connectivity index (χ1v) is 6.63. The van der Waals surface area contributed by atoms with Crippen LogP contribution in [0.5, 0.6) is 0 Å². The van der Waals surface area contributed by atoms with Crippen molar-refractivity contribution in [1.82, 2.24) is 10.2 Å². The number of hydrogen-bond acceptors (Lipinski definition) is 6. The van der Waals surface area contributed by atoms with Gasteiger partial charge in [-0.15, -0.1) is 10.2 Å². The third-order valence-electron chi connectivity index (χ3n) is 2.77. The topological polar surface area (TPSA) is 81.2 Å². The molecule has 1 N–H and O–H groups in total. The first-order chi connectivity index (χ1) is 8.46. The third kappa shape index (κ3) is 3.25. The van der Waals surface area contributed by atoms with E-state index in [9.17, 15) is 9.59 Å². The van der Waals surface area contributed by atoms with Crippen LogP contribution in [0, 0.1) is 5.92 Å². The predicted molar refractivity (Wildman–Crippen MR) is 66.1 cm³/mol. The van der Waals surface area contributed by atoms with Crippen LogP contribution in [0.25, 0.3) is 0 Å². The maximum atomic E-state index is 11.6. The molecule has 6 nitrogen and oxygen atoms in total. The second kappa shape index (κ2) is 5.01. The van der Waals surface area contributed by atoms with Gasteiger partial charge in [-0.3, -0.25) is 9.59 Å². The largest absolute Gasteiger partial charge is 0.459 e. The zero-order chi connectivity index (χ0) is 13.2. The lowest BCUT2D eigenvalue weighted by Crippen LogP contribution is -2.17. The zero-order valence-electron chi connectivity index (χ0n) is 10.3. The Labute approximate surface area is 109 Å². The molecule has 1 aromatic heterocycles. The van der Waals surface area contributed by atoms with Gasteiger partial charge in [0, 0.05) is 6.42 Å². The van der Waals surface area contributed by atoms with Crippen molar-refractivity contribution < 1.29 is 14.3 Å². The lowest BCUT2D eigenvalue weighted by molar-refractivity contribution is -0.148. The van der Waals surface area contributed by atoms with E-state index in [1.807, 2.05) is 13.8 Å². The third-order valence-corrected chi connectivity index (χ3v) is 3.38. The van der Waals surface area contributed by atoms with Gasteiger partial charge in [0.05, 0.1) is 5.92 Å². The van der Waals surface area contributed by atoms with E-state index in [1.165, 1.54) is 11.3 Å². The van der Waals surface area contributed by atoms with Gasteiger partial charge in [0.25, 0.3) is 0 Å². The van der Waals surface area contributed by atoms with Gasteiger partial charge in [-0.2, -0.15) is 0 Å². The standard InChI is InChI=1S/C11H15N3O3S/c1-11(2)5-7(9(16)17-11)3-4-8(15)13-10-14-12-6-18-10/h6-7H,3-5H2,1-2H3,(H,13,14,15). The van der Waals surface area contributed by atoms with Crippen molar-refractivity contribution in [2.24, 2.45) is 5.92 Å². The highest BCUT2D eigenvalue weighted by Gasteiger charge is 2.39. The van der Waals surface area contributed by atoms with Gasteiger partial charge >= 0.3 is 5.97 Å². The van der Waals surface area contributed by atoms with Crippen molar-refractivity contribution in [3.8, 4) is 0 Å². The van der Waals surface area contributed by atoms with Crippen LogP contribution in [0.1, 0.15) is 33.1 Å². The van der Waals surface area contributed by atoms with Gasteiger partial charge < -0.3 is 10.1 Å². The van der Waals surface area contributed by atoms with E-state index < -0.39 is 5.60 Å². The molecule has 0 radical (unpaired) electrons. The normalized spacial score (nSPS) is 21.7. The van der Waals surface area contributed by atoms with E-state index in [0.717, 1.165) is 0 Å². The number of rotatable bonds is 4. The number of carbonyl (C=O) groups is 2. The lowest BCUT2D eigenvalue weighted by atomic mass is 9.94. The van der Waals surface area contributed by atoms with Crippen molar-refractivity contribution in [1.29, 1.82) is 0 Å². The fraction of sp³-hybridized carbons (Fsp3) is 0.636. The van der Waals surface area contributed by atoms with Gasteiger partial charge in [0.15, 0.2) is 0 Å². The SMILES string of the molecule is CC1(C)CC(CCC(=O)Nc2nncs2)C(=O)O1. The minimum Gasteiger partial charge on any atom is -0.459 e. The summed E-state index contributed by atoms with van der Waals surface area (Å²) in [6.07, 6.45) is 1.46. The molecule has 2 heterocycles. The maximum absolute atomic E-state index is 11.6. The number of anilines is 1. The van der Waals surface area contributed by atoms with E-state index in [2.05, 4.69) is 15.5 Å². The Morgan fingerprint density at radius 2 is 2.44 bits per heavy atom. The number of nitrogens with zero attached hydrogens (tertiary/aromatic N) is 2. The summed E-state index contributed by atoms with van der Waals surface area (Å²) in [6.45, 7) is 3.76. The van der Waals surface area contributed by atoms with Gasteiger partial charge in [0.2, 0.25) is 11.0 Å². The molecule has 0 spiro atoms. The number of hydrogen-bond donors (Lipinski definition) is 1. The predicted octanol–water partition coefficient (Wildman–Crippen LogP) is 1.60. The van der Waals surface area contributed by atoms with Crippen LogP contribution >= 0.6 is 11.3 Å². The van der Waals surface area contributed by atoms with Crippen molar-refractivity contribution in [2.75, 3.05) is 5.32 Å². The Balaban J connectivity index is 1.78. The molecule has 1 aliphatic heterocycles. The number of aromatic nitrogens is 2. The maximum Gasteiger partial charge on any atom is 0.309 e. The Hall–Kier alpha value is -1.50. The minimum atomic E-state index is -0.405. The first kappa shape index (κ1) is 12.9. The Kier molecular flexibility index (Phi) is 3.60. The Morgan fingerprint density at radius 1 is 1.67 bits per heavy atom. The number of cyclic esters (lactones) is 1. The molecule has 7 heteroatoms. The molecule has 1 aromatic rings. The summed E-state index contributed by atoms with van der Waals surface area (Å²) in [5.41, 5.74) is 1.14. The first-order valence-electron chi connectivity index (χ1n) is 5.75. The van der Waals surface area contributed by atoms with Gasteiger partial charge in [0.1, 0.15) is 11.1 Å². The molecule has 1 fully saturated rings. The molecule has 98 valence electrons. The van der Waals surface area contributed by atoms with Gasteiger partial charge in [-0.05, 0) is 26.7 Å². The number of ether oxygens (including phenoxy) is 1. The summed E-state index contributed by atoms with van der Waals surface area (Å²) in [5.74, 6) is -0.534. The van der Waals surface area contributed by atoms with E-state index in [0.29, 0.717) is 18.0 Å². The van der Waals surface area contributed by atoms with Crippen LogP contribution in [-0.2, 0) is 14.3 Å². The molecule has 1 atom stereocenters. The number of amides is 1. The summed E-state index contributed by atoms with van der Waals surface area (Å²) in [7, 11) is 0.